The van der Waals surface area contributed by atoms with E-state index in [4.69, 9.17) is 4.74 Å². The predicted octanol–water partition coefficient (Wildman–Crippen LogP) is 3.13. The van der Waals surface area contributed by atoms with Gasteiger partial charge in [0.05, 0.1) is 0 Å². The number of rotatable bonds is 3. The average molecular weight is 361 g/mol. The van der Waals surface area contributed by atoms with E-state index in [0.717, 1.165) is 12.2 Å². The highest BCUT2D eigenvalue weighted by molar-refractivity contribution is 5.94. The fourth-order valence-electron chi connectivity index (χ4n) is 2.86. The Balaban J connectivity index is 1.96. The Labute approximate surface area is 156 Å². The lowest BCUT2D eigenvalue weighted by Gasteiger charge is -2.24. The first-order valence-corrected chi connectivity index (χ1v) is 9.29. The first-order chi connectivity index (χ1) is 12.2. The van der Waals surface area contributed by atoms with Crippen molar-refractivity contribution >= 4 is 11.9 Å². The summed E-state index contributed by atoms with van der Waals surface area (Å²) in [7, 11) is 0. The van der Waals surface area contributed by atoms with Crippen LogP contribution in [0.25, 0.3) is 0 Å². The van der Waals surface area contributed by atoms with Crippen LogP contribution in [0.15, 0.2) is 24.3 Å². The molecule has 0 radical (unpaired) electrons. The van der Waals surface area contributed by atoms with Crippen molar-refractivity contribution in [2.24, 2.45) is 0 Å². The van der Waals surface area contributed by atoms with Crippen LogP contribution in [-0.4, -0.2) is 59.6 Å². The van der Waals surface area contributed by atoms with Crippen LogP contribution in [0.2, 0.25) is 0 Å². The lowest BCUT2D eigenvalue weighted by Crippen LogP contribution is -2.44. The van der Waals surface area contributed by atoms with Gasteiger partial charge in [-0.1, -0.05) is 0 Å². The van der Waals surface area contributed by atoms with E-state index in [1.165, 1.54) is 0 Å². The second kappa shape index (κ2) is 8.43. The van der Waals surface area contributed by atoms with E-state index in [0.29, 0.717) is 31.7 Å². The molecular weight excluding hydrogens is 330 g/mol. The molecule has 1 heterocycles. The van der Waals surface area contributed by atoms with Gasteiger partial charge in [-0.3, -0.25) is 4.79 Å². The van der Waals surface area contributed by atoms with Gasteiger partial charge in [-0.05, 0) is 65.3 Å². The second-order valence-corrected chi connectivity index (χ2v) is 7.98. The van der Waals surface area contributed by atoms with E-state index < -0.39 is 0 Å². The Morgan fingerprint density at radius 1 is 1.00 bits per heavy atom. The lowest BCUT2D eigenvalue weighted by molar-refractivity contribution is 0.0762. The molecule has 0 aliphatic carbocycles. The van der Waals surface area contributed by atoms with Crippen LogP contribution < -0.4 is 10.1 Å². The average Bonchev–Trinajstić information content (AvgIpc) is 2.79. The van der Waals surface area contributed by atoms with Crippen molar-refractivity contribution in [1.29, 1.82) is 0 Å². The van der Waals surface area contributed by atoms with Crippen LogP contribution in [0.5, 0.6) is 5.75 Å². The maximum Gasteiger partial charge on any atom is 0.317 e. The summed E-state index contributed by atoms with van der Waals surface area (Å²) in [6, 6.07) is 7.32. The summed E-state index contributed by atoms with van der Waals surface area (Å²) in [6.07, 6.45) is 0.780. The molecule has 6 nitrogen and oxygen atoms in total. The predicted molar refractivity (Wildman–Crippen MR) is 103 cm³/mol. The monoisotopic (exact) mass is 361 g/mol. The number of carbonyl (C=O) groups excluding carboxylic acids is 2. The Kier molecular flexibility index (Phi) is 6.51. The quantitative estimate of drug-likeness (QED) is 0.900. The van der Waals surface area contributed by atoms with Gasteiger partial charge in [0.25, 0.3) is 5.91 Å². The molecule has 0 unspecified atom stereocenters. The molecule has 0 saturated carbocycles. The highest BCUT2D eigenvalue weighted by Gasteiger charge is 2.23. The van der Waals surface area contributed by atoms with Gasteiger partial charge in [-0.2, -0.15) is 0 Å². The third kappa shape index (κ3) is 5.93. The number of ether oxygens (including phenoxy) is 1. The first-order valence-electron chi connectivity index (χ1n) is 9.29. The van der Waals surface area contributed by atoms with Gasteiger partial charge in [-0.15, -0.1) is 0 Å². The largest absolute Gasteiger partial charge is 0.488 e. The van der Waals surface area contributed by atoms with Crippen molar-refractivity contribution in [2.45, 2.75) is 52.7 Å². The molecule has 1 fully saturated rings. The van der Waals surface area contributed by atoms with Gasteiger partial charge in [0.2, 0.25) is 0 Å². The molecule has 0 aromatic heterocycles. The van der Waals surface area contributed by atoms with Crippen LogP contribution >= 0.6 is 0 Å². The first kappa shape index (κ1) is 20.1. The van der Waals surface area contributed by atoms with E-state index in [2.05, 4.69) is 5.32 Å². The van der Waals surface area contributed by atoms with E-state index >= 15 is 0 Å². The van der Waals surface area contributed by atoms with E-state index in [9.17, 15) is 9.59 Å². The van der Waals surface area contributed by atoms with Crippen LogP contribution in [0.4, 0.5) is 4.79 Å². The SMILES string of the molecule is CC(C)NC(=O)N1CCCN(C(=O)c2ccc(OC(C)(C)C)cc2)CC1. The second-order valence-electron chi connectivity index (χ2n) is 7.98. The standard InChI is InChI=1S/C20H31N3O3/c1-15(2)21-19(25)23-12-6-11-22(13-14-23)18(24)16-7-9-17(10-8-16)26-20(3,4)5/h7-10,15H,6,11-14H2,1-5H3,(H,21,25). The number of benzene rings is 1. The molecule has 0 bridgehead atoms. The Hall–Kier alpha value is -2.24. The minimum atomic E-state index is -0.268. The van der Waals surface area contributed by atoms with Gasteiger partial charge in [-0.25, -0.2) is 4.79 Å². The molecule has 26 heavy (non-hydrogen) atoms. The molecule has 1 aromatic rings. The maximum absolute atomic E-state index is 12.8. The van der Waals surface area contributed by atoms with Crippen LogP contribution in [0.3, 0.4) is 0 Å². The molecule has 2 rings (SSSR count). The highest BCUT2D eigenvalue weighted by atomic mass is 16.5. The summed E-state index contributed by atoms with van der Waals surface area (Å²) >= 11 is 0. The molecule has 1 saturated heterocycles. The van der Waals surface area contributed by atoms with Gasteiger partial charge >= 0.3 is 6.03 Å². The van der Waals surface area contributed by atoms with E-state index in [-0.39, 0.29) is 23.6 Å². The number of nitrogens with zero attached hydrogens (tertiary/aromatic N) is 2. The summed E-state index contributed by atoms with van der Waals surface area (Å²) in [6.45, 7) is 12.3. The van der Waals surface area contributed by atoms with Gasteiger partial charge in [0.15, 0.2) is 0 Å². The number of carbonyl (C=O) groups is 2. The topological polar surface area (TPSA) is 61.9 Å². The summed E-state index contributed by atoms with van der Waals surface area (Å²) in [4.78, 5) is 28.5. The Morgan fingerprint density at radius 2 is 1.58 bits per heavy atom. The maximum atomic E-state index is 12.8. The van der Waals surface area contributed by atoms with Gasteiger partial charge in [0, 0.05) is 37.8 Å². The fraction of sp³-hybridized carbons (Fsp3) is 0.600. The van der Waals surface area contributed by atoms with Gasteiger partial charge < -0.3 is 19.9 Å². The van der Waals surface area contributed by atoms with E-state index in [1.807, 2.05) is 51.7 Å². The summed E-state index contributed by atoms with van der Waals surface area (Å²) in [5.74, 6) is 0.750. The smallest absolute Gasteiger partial charge is 0.317 e. The highest BCUT2D eigenvalue weighted by Crippen LogP contribution is 2.19. The number of nitrogens with one attached hydrogen (secondary N) is 1. The molecule has 1 aliphatic rings. The minimum absolute atomic E-state index is 0.00146. The minimum Gasteiger partial charge on any atom is -0.488 e. The summed E-state index contributed by atoms with van der Waals surface area (Å²) < 4.78 is 5.80. The zero-order valence-corrected chi connectivity index (χ0v) is 16.5. The van der Waals surface area contributed by atoms with Crippen molar-refractivity contribution in [3.63, 3.8) is 0 Å². The molecule has 3 amide bonds. The third-order valence-electron chi connectivity index (χ3n) is 4.01. The normalized spacial score (nSPS) is 15.6. The summed E-state index contributed by atoms with van der Waals surface area (Å²) in [5.41, 5.74) is 0.377. The fourth-order valence-corrected chi connectivity index (χ4v) is 2.86. The lowest BCUT2D eigenvalue weighted by atomic mass is 10.1. The molecule has 6 heteroatoms. The Morgan fingerprint density at radius 3 is 2.15 bits per heavy atom. The van der Waals surface area contributed by atoms with Crippen molar-refractivity contribution in [3.05, 3.63) is 29.8 Å². The number of hydrogen-bond acceptors (Lipinski definition) is 3. The number of hydrogen-bond donors (Lipinski definition) is 1. The molecule has 1 N–H and O–H groups in total. The molecular formula is C20H31N3O3. The number of amides is 3. The van der Waals surface area contributed by atoms with Crippen molar-refractivity contribution in [2.75, 3.05) is 26.2 Å². The Bertz CT molecular complexity index is 620. The third-order valence-corrected chi connectivity index (χ3v) is 4.01. The van der Waals surface area contributed by atoms with Crippen LogP contribution in [-0.2, 0) is 0 Å². The molecule has 0 atom stereocenters. The number of urea groups is 1. The van der Waals surface area contributed by atoms with Crippen molar-refractivity contribution in [1.82, 2.24) is 15.1 Å². The zero-order chi connectivity index (χ0) is 19.3. The van der Waals surface area contributed by atoms with E-state index in [1.54, 1.807) is 17.0 Å². The molecule has 144 valence electrons. The van der Waals surface area contributed by atoms with Crippen molar-refractivity contribution < 1.29 is 14.3 Å². The van der Waals surface area contributed by atoms with Crippen LogP contribution in [0, 0.1) is 0 Å². The van der Waals surface area contributed by atoms with Crippen LogP contribution in [0.1, 0.15) is 51.4 Å². The molecule has 0 spiro atoms. The van der Waals surface area contributed by atoms with Crippen molar-refractivity contribution in [3.8, 4) is 5.75 Å². The molecule has 1 aromatic carbocycles. The van der Waals surface area contributed by atoms with Gasteiger partial charge in [0.1, 0.15) is 11.4 Å². The zero-order valence-electron chi connectivity index (χ0n) is 16.5. The molecule has 1 aliphatic heterocycles. The summed E-state index contributed by atoms with van der Waals surface area (Å²) in [5, 5.41) is 2.91.